The van der Waals surface area contributed by atoms with E-state index in [4.69, 9.17) is 15.0 Å². The molecule has 3 atom stereocenters. The fourth-order valence-corrected chi connectivity index (χ4v) is 4.82. The highest BCUT2D eigenvalue weighted by molar-refractivity contribution is 6.16. The van der Waals surface area contributed by atoms with E-state index in [1.54, 1.807) is 48.5 Å². The average Bonchev–Trinajstić information content (AvgIpc) is 3.27. The predicted molar refractivity (Wildman–Crippen MR) is 138 cm³/mol. The molecule has 210 valence electrons. The van der Waals surface area contributed by atoms with Gasteiger partial charge in [-0.1, -0.05) is 47.6 Å². The molecule has 12 heteroatoms. The summed E-state index contributed by atoms with van der Waals surface area (Å²) in [7, 11) is 1.46. The van der Waals surface area contributed by atoms with Crippen LogP contribution in [-0.4, -0.2) is 47.9 Å². The number of hydrogen-bond donors (Lipinski definition) is 2. The zero-order valence-corrected chi connectivity index (χ0v) is 21.7. The number of nitrogens with two attached hydrogens (primary N) is 1. The minimum absolute atomic E-state index is 0.0904. The average molecular weight is 557 g/mol. The van der Waals surface area contributed by atoms with Gasteiger partial charge in [0, 0.05) is 35.1 Å². The summed E-state index contributed by atoms with van der Waals surface area (Å²) in [5.41, 5.74) is 8.06. The van der Waals surface area contributed by atoms with E-state index in [1.165, 1.54) is 14.0 Å². The number of nitrogens with zero attached hydrogens (tertiary/aromatic N) is 2. The van der Waals surface area contributed by atoms with Crippen LogP contribution < -0.4 is 15.8 Å². The molecule has 3 N–H and O–H groups in total. The van der Waals surface area contributed by atoms with Gasteiger partial charge in [-0.25, -0.2) is 0 Å². The molecule has 0 fully saturated rings. The van der Waals surface area contributed by atoms with E-state index < -0.39 is 54.6 Å². The Bertz CT molecular complexity index is 1440. The number of ether oxygens (including phenoxy) is 1. The summed E-state index contributed by atoms with van der Waals surface area (Å²) in [4.78, 5) is 44.0. The first-order chi connectivity index (χ1) is 19.0. The molecule has 1 aliphatic heterocycles. The summed E-state index contributed by atoms with van der Waals surface area (Å²) < 4.78 is 50.0. The van der Waals surface area contributed by atoms with Crippen molar-refractivity contribution in [2.75, 3.05) is 7.11 Å². The lowest BCUT2D eigenvalue weighted by atomic mass is 9.82. The van der Waals surface area contributed by atoms with E-state index in [0.717, 1.165) is 6.26 Å². The Morgan fingerprint density at radius 2 is 1.90 bits per heavy atom. The number of benzene rings is 2. The Kier molecular flexibility index (Phi) is 8.36. The number of aliphatic imine (C=N–C) groups is 1. The number of alkyl halides is 3. The van der Waals surface area contributed by atoms with Crippen LogP contribution >= 0.6 is 0 Å². The number of aryl methyl sites for hydroxylation is 1. The molecule has 2 aromatic carbocycles. The number of aromatic nitrogens is 1. The molecule has 0 radical (unpaired) electrons. The molecule has 0 aliphatic carbocycles. The van der Waals surface area contributed by atoms with Crippen LogP contribution in [0.3, 0.4) is 0 Å². The van der Waals surface area contributed by atoms with E-state index >= 15 is 0 Å². The molecule has 0 bridgehead atoms. The van der Waals surface area contributed by atoms with Crippen molar-refractivity contribution in [3.8, 4) is 5.75 Å². The van der Waals surface area contributed by atoms with Gasteiger partial charge in [-0.3, -0.25) is 19.4 Å². The zero-order chi connectivity index (χ0) is 29.0. The van der Waals surface area contributed by atoms with Gasteiger partial charge in [-0.2, -0.15) is 13.2 Å². The molecule has 3 aromatic rings. The summed E-state index contributed by atoms with van der Waals surface area (Å²) in [5, 5.41) is 6.16. The SMILES string of the molecule is COc1cccc2c1CC(=O)[C@@H](NC(=O)[C@H](CCC(F)(F)F)[C@@H](C(N)=O)c1conc1C)N=C2c1ccccc1. The maximum atomic E-state index is 13.6. The Labute approximate surface area is 227 Å². The highest BCUT2D eigenvalue weighted by atomic mass is 19.4. The summed E-state index contributed by atoms with van der Waals surface area (Å²) >= 11 is 0. The number of halogens is 3. The van der Waals surface area contributed by atoms with Crippen LogP contribution in [-0.2, 0) is 20.8 Å². The first-order valence-corrected chi connectivity index (χ1v) is 12.4. The Morgan fingerprint density at radius 3 is 2.50 bits per heavy atom. The predicted octanol–water partition coefficient (Wildman–Crippen LogP) is 3.62. The van der Waals surface area contributed by atoms with Crippen LogP contribution in [0, 0.1) is 12.8 Å². The number of hydrogen-bond acceptors (Lipinski definition) is 7. The summed E-state index contributed by atoms with van der Waals surface area (Å²) in [6.07, 6.45) is -7.29. The number of nitrogens with one attached hydrogen (secondary N) is 1. The molecule has 0 unspecified atom stereocenters. The van der Waals surface area contributed by atoms with Crippen LogP contribution in [0.4, 0.5) is 13.2 Å². The van der Waals surface area contributed by atoms with Gasteiger partial charge in [0.15, 0.2) is 11.9 Å². The number of ketones is 1. The Balaban J connectivity index is 1.75. The highest BCUT2D eigenvalue weighted by Gasteiger charge is 2.41. The maximum Gasteiger partial charge on any atom is 0.389 e. The van der Waals surface area contributed by atoms with Gasteiger partial charge in [0.25, 0.3) is 0 Å². The van der Waals surface area contributed by atoms with Crippen LogP contribution in [0.1, 0.15) is 46.7 Å². The lowest BCUT2D eigenvalue weighted by Crippen LogP contribution is -2.46. The maximum absolute atomic E-state index is 13.6. The van der Waals surface area contributed by atoms with Crippen molar-refractivity contribution >= 4 is 23.3 Å². The zero-order valence-electron chi connectivity index (χ0n) is 21.7. The van der Waals surface area contributed by atoms with E-state index in [9.17, 15) is 27.6 Å². The highest BCUT2D eigenvalue weighted by Crippen LogP contribution is 2.34. The van der Waals surface area contributed by atoms with Gasteiger partial charge >= 0.3 is 6.18 Å². The van der Waals surface area contributed by atoms with Crippen LogP contribution in [0.25, 0.3) is 0 Å². The number of rotatable bonds is 9. The molecular weight excluding hydrogens is 529 g/mol. The summed E-state index contributed by atoms with van der Waals surface area (Å²) in [6, 6.07) is 14.1. The van der Waals surface area contributed by atoms with E-state index in [2.05, 4.69) is 15.5 Å². The molecule has 2 amide bonds. The molecule has 1 aliphatic rings. The molecule has 2 heterocycles. The van der Waals surface area contributed by atoms with E-state index in [0.29, 0.717) is 28.2 Å². The van der Waals surface area contributed by atoms with Crippen molar-refractivity contribution in [2.24, 2.45) is 16.6 Å². The molecule has 1 aromatic heterocycles. The first-order valence-electron chi connectivity index (χ1n) is 12.4. The van der Waals surface area contributed by atoms with Gasteiger partial charge < -0.3 is 20.3 Å². The first kappa shape index (κ1) is 28.5. The molecule has 0 saturated carbocycles. The van der Waals surface area contributed by atoms with E-state index in [-0.39, 0.29) is 17.7 Å². The lowest BCUT2D eigenvalue weighted by molar-refractivity contribution is -0.144. The molecule has 9 nitrogen and oxygen atoms in total. The van der Waals surface area contributed by atoms with Crippen molar-refractivity contribution in [3.63, 3.8) is 0 Å². The fraction of sp³-hybridized carbons (Fsp3) is 0.321. The third-order valence-corrected chi connectivity index (χ3v) is 6.76. The molecule has 4 rings (SSSR count). The van der Waals surface area contributed by atoms with Crippen molar-refractivity contribution in [2.45, 2.75) is 44.4 Å². The molecule has 0 spiro atoms. The number of carbonyl (C=O) groups is 3. The lowest BCUT2D eigenvalue weighted by Gasteiger charge is -2.25. The number of fused-ring (bicyclic) bond motifs is 1. The number of primary amides is 1. The molecule has 40 heavy (non-hydrogen) atoms. The Morgan fingerprint density at radius 1 is 1.18 bits per heavy atom. The monoisotopic (exact) mass is 556 g/mol. The normalized spacial score (nSPS) is 16.8. The van der Waals surface area contributed by atoms with Crippen LogP contribution in [0.2, 0.25) is 0 Å². The van der Waals surface area contributed by atoms with Crippen LogP contribution in [0.15, 0.2) is 64.3 Å². The topological polar surface area (TPSA) is 137 Å². The van der Waals surface area contributed by atoms with Crippen molar-refractivity contribution in [3.05, 3.63) is 82.7 Å². The number of Topliss-reactive ketones (excluding diaryl/α,β-unsaturated/α-hetero) is 1. The standard InChI is InChI=1S/C28H27F3N4O5/c1-15-20(14-40-35-15)23(25(32)37)18(11-12-28(29,30)31)27(38)34-26-21(36)13-19-17(9-6-10-22(19)39-2)24(33-26)16-7-4-3-5-8-16/h3-10,14,18,23,26H,11-13H2,1-2H3,(H2,32,37)(H,34,38)/t18-,23-,26-/m1/s1. The number of carbonyl (C=O) groups excluding carboxylic acids is 3. The Hall–Kier alpha value is -4.48. The minimum Gasteiger partial charge on any atom is -0.496 e. The van der Waals surface area contributed by atoms with Gasteiger partial charge in [0.1, 0.15) is 12.0 Å². The van der Waals surface area contributed by atoms with Gasteiger partial charge in [0.2, 0.25) is 11.8 Å². The molecular formula is C28H27F3N4O5. The largest absolute Gasteiger partial charge is 0.496 e. The third kappa shape index (κ3) is 6.22. The van der Waals surface area contributed by atoms with Gasteiger partial charge in [-0.05, 0) is 19.4 Å². The van der Waals surface area contributed by atoms with E-state index in [1.807, 2.05) is 0 Å². The van der Waals surface area contributed by atoms with Gasteiger partial charge in [-0.15, -0.1) is 0 Å². The van der Waals surface area contributed by atoms with Crippen LogP contribution in [0.5, 0.6) is 5.75 Å². The number of amides is 2. The second-order valence-corrected chi connectivity index (χ2v) is 9.38. The summed E-state index contributed by atoms with van der Waals surface area (Å²) in [6.45, 7) is 1.48. The number of methoxy groups -OCH3 is 1. The second-order valence-electron chi connectivity index (χ2n) is 9.38. The third-order valence-electron chi connectivity index (χ3n) is 6.76. The minimum atomic E-state index is -4.61. The fourth-order valence-electron chi connectivity index (χ4n) is 4.82. The van der Waals surface area contributed by atoms with Crippen molar-refractivity contribution < 1.29 is 36.8 Å². The summed E-state index contributed by atoms with van der Waals surface area (Å²) in [5.74, 6) is -5.16. The quantitative estimate of drug-likeness (QED) is 0.413. The van der Waals surface area contributed by atoms with Gasteiger partial charge in [0.05, 0.1) is 30.4 Å². The van der Waals surface area contributed by atoms with Crippen molar-refractivity contribution in [1.82, 2.24) is 10.5 Å². The molecule has 0 saturated heterocycles. The smallest absolute Gasteiger partial charge is 0.389 e. The van der Waals surface area contributed by atoms with Crippen molar-refractivity contribution in [1.29, 1.82) is 0 Å². The second kappa shape index (κ2) is 11.7.